The molecule has 254 valence electrons. The second-order valence-electron chi connectivity index (χ2n) is 13.9. The number of aryl methyl sites for hydroxylation is 1. The first-order valence-electron chi connectivity index (χ1n) is 16.3. The molecule has 0 radical (unpaired) electrons. The van der Waals surface area contributed by atoms with Crippen LogP contribution in [0.1, 0.15) is 71.2 Å². The molecule has 1 aromatic carbocycles. The molecule has 0 saturated carbocycles. The van der Waals surface area contributed by atoms with E-state index in [9.17, 15) is 19.5 Å². The second kappa shape index (κ2) is 13.8. The molecule has 3 aromatic rings. The highest BCUT2D eigenvalue weighted by molar-refractivity contribution is 5.91. The highest BCUT2D eigenvalue weighted by atomic mass is 16.6. The number of nitrogens with zero attached hydrogens (tertiary/aromatic N) is 6. The van der Waals surface area contributed by atoms with Gasteiger partial charge in [0.25, 0.3) is 0 Å². The third-order valence-electron chi connectivity index (χ3n) is 8.76. The van der Waals surface area contributed by atoms with E-state index in [4.69, 9.17) is 9.26 Å². The quantitative estimate of drug-likeness (QED) is 0.373. The first-order valence-corrected chi connectivity index (χ1v) is 16.3. The lowest BCUT2D eigenvalue weighted by atomic mass is 9.91. The van der Waals surface area contributed by atoms with Crippen molar-refractivity contribution in [1.29, 1.82) is 0 Å². The molecule has 2 N–H and O–H groups in total. The summed E-state index contributed by atoms with van der Waals surface area (Å²) in [5.41, 5.74) is 2.36. The number of benzene rings is 1. The van der Waals surface area contributed by atoms with Crippen molar-refractivity contribution in [2.24, 2.45) is 13.0 Å². The molecule has 47 heavy (non-hydrogen) atoms. The third kappa shape index (κ3) is 7.78. The van der Waals surface area contributed by atoms with Gasteiger partial charge in [0.15, 0.2) is 11.6 Å². The minimum atomic E-state index is -0.821. The summed E-state index contributed by atoms with van der Waals surface area (Å²) in [7, 11) is 1.89. The molecule has 2 aromatic heterocycles. The van der Waals surface area contributed by atoms with Crippen LogP contribution in [0, 0.1) is 5.92 Å². The molecule has 2 aliphatic heterocycles. The van der Waals surface area contributed by atoms with Crippen molar-refractivity contribution in [2.45, 2.75) is 77.7 Å². The Balaban J connectivity index is 1.23. The SMILES string of the molecule is CC(NC(=O)[C@@H]1C[C@@H](O)CN1C(=O)C(c1cc(N2CCN(C(=O)OC(C)(C)C)CC2)no1)C(C)C)c1ccc(-c2ccnn2C)cc1. The van der Waals surface area contributed by atoms with Crippen LogP contribution in [0.15, 0.2) is 47.1 Å². The fourth-order valence-corrected chi connectivity index (χ4v) is 6.23. The van der Waals surface area contributed by atoms with Gasteiger partial charge in [-0.15, -0.1) is 0 Å². The fourth-order valence-electron chi connectivity index (χ4n) is 6.23. The number of aliphatic hydroxyl groups is 1. The molecule has 3 amide bonds. The molecule has 0 aliphatic carbocycles. The minimum Gasteiger partial charge on any atom is -0.444 e. The molecule has 13 heteroatoms. The molecule has 0 spiro atoms. The summed E-state index contributed by atoms with van der Waals surface area (Å²) in [5, 5.41) is 22.1. The summed E-state index contributed by atoms with van der Waals surface area (Å²) in [4.78, 5) is 45.3. The topological polar surface area (TPSA) is 146 Å². The smallest absolute Gasteiger partial charge is 0.410 e. The van der Waals surface area contributed by atoms with Crippen LogP contribution in [-0.2, 0) is 21.4 Å². The maximum Gasteiger partial charge on any atom is 0.410 e. The van der Waals surface area contributed by atoms with Gasteiger partial charge in [0.1, 0.15) is 17.6 Å². The summed E-state index contributed by atoms with van der Waals surface area (Å²) in [6.07, 6.45) is 0.737. The van der Waals surface area contributed by atoms with E-state index in [0.29, 0.717) is 37.8 Å². The lowest BCUT2D eigenvalue weighted by Gasteiger charge is -2.35. The molecule has 2 fully saturated rings. The molecule has 2 aliphatic rings. The molecule has 2 saturated heterocycles. The minimum absolute atomic E-state index is 0.0571. The zero-order chi connectivity index (χ0) is 34.0. The van der Waals surface area contributed by atoms with E-state index in [0.717, 1.165) is 16.8 Å². The zero-order valence-corrected chi connectivity index (χ0v) is 28.3. The van der Waals surface area contributed by atoms with Gasteiger partial charge in [-0.25, -0.2) is 4.79 Å². The van der Waals surface area contributed by atoms with Gasteiger partial charge < -0.3 is 34.4 Å². The van der Waals surface area contributed by atoms with Crippen LogP contribution in [0.4, 0.5) is 10.6 Å². The number of aliphatic hydroxyl groups excluding tert-OH is 1. The lowest BCUT2D eigenvalue weighted by Crippen LogP contribution is -2.50. The number of piperazine rings is 1. The first kappa shape index (κ1) is 34.0. The Labute approximate surface area is 275 Å². The largest absolute Gasteiger partial charge is 0.444 e. The molecule has 4 atom stereocenters. The van der Waals surface area contributed by atoms with Gasteiger partial charge in [-0.2, -0.15) is 5.10 Å². The Morgan fingerprint density at radius 2 is 1.72 bits per heavy atom. The van der Waals surface area contributed by atoms with E-state index < -0.39 is 23.7 Å². The summed E-state index contributed by atoms with van der Waals surface area (Å²) in [5.74, 6) is -0.482. The standard InChI is InChI=1S/C34H47N7O6/c1-21(2)30(28-19-29(37-47-28)39-14-16-40(17-15-39)33(45)46-34(4,5)6)32(44)41-20-25(42)18-27(41)31(43)36-22(3)23-8-10-24(11-9-23)26-12-13-35-38(26)7/h8-13,19,21-22,25,27,30,42H,14-18,20H2,1-7H3,(H,36,43)/t22?,25-,27+,30?/m1/s1. The number of aromatic nitrogens is 3. The van der Waals surface area contributed by atoms with Crippen molar-refractivity contribution in [3.63, 3.8) is 0 Å². The number of carbonyl (C=O) groups excluding carboxylic acids is 3. The van der Waals surface area contributed by atoms with Crippen molar-refractivity contribution >= 4 is 23.7 Å². The van der Waals surface area contributed by atoms with E-state index in [1.807, 2.05) is 83.8 Å². The van der Waals surface area contributed by atoms with E-state index in [2.05, 4.69) is 15.6 Å². The van der Waals surface area contributed by atoms with Gasteiger partial charge in [-0.3, -0.25) is 14.3 Å². The zero-order valence-electron chi connectivity index (χ0n) is 28.3. The Morgan fingerprint density at radius 1 is 1.04 bits per heavy atom. The summed E-state index contributed by atoms with van der Waals surface area (Å²) >= 11 is 0. The number of likely N-dealkylation sites (tertiary alicyclic amines) is 1. The Hall–Kier alpha value is -4.39. The molecule has 0 bridgehead atoms. The molecular formula is C34H47N7O6. The maximum atomic E-state index is 14.1. The monoisotopic (exact) mass is 649 g/mol. The van der Waals surface area contributed by atoms with E-state index in [1.54, 1.807) is 21.8 Å². The van der Waals surface area contributed by atoms with Crippen molar-refractivity contribution in [3.05, 3.63) is 53.9 Å². The van der Waals surface area contributed by atoms with Crippen molar-refractivity contribution in [1.82, 2.24) is 30.1 Å². The second-order valence-corrected chi connectivity index (χ2v) is 13.9. The number of hydrogen-bond acceptors (Lipinski definition) is 9. The van der Waals surface area contributed by atoms with Gasteiger partial charge in [0.05, 0.1) is 17.8 Å². The summed E-state index contributed by atoms with van der Waals surface area (Å²) < 4.78 is 13.0. The van der Waals surface area contributed by atoms with Gasteiger partial charge in [0.2, 0.25) is 11.8 Å². The maximum absolute atomic E-state index is 14.1. The van der Waals surface area contributed by atoms with Crippen molar-refractivity contribution < 1.29 is 28.8 Å². The number of rotatable bonds is 8. The molecular weight excluding hydrogens is 602 g/mol. The average molecular weight is 650 g/mol. The van der Waals surface area contributed by atoms with Gasteiger partial charge in [-0.1, -0.05) is 43.3 Å². The van der Waals surface area contributed by atoms with Crippen LogP contribution < -0.4 is 10.2 Å². The normalized spacial score (nSPS) is 20.0. The highest BCUT2D eigenvalue weighted by Crippen LogP contribution is 2.33. The molecule has 2 unspecified atom stereocenters. The lowest BCUT2D eigenvalue weighted by molar-refractivity contribution is -0.141. The summed E-state index contributed by atoms with van der Waals surface area (Å²) in [6, 6.07) is 10.5. The van der Waals surface area contributed by atoms with E-state index >= 15 is 0 Å². The Bertz CT molecular complexity index is 1550. The fraction of sp³-hybridized carbons (Fsp3) is 0.559. The highest BCUT2D eigenvalue weighted by Gasteiger charge is 2.43. The Kier molecular flexibility index (Phi) is 9.94. The van der Waals surface area contributed by atoms with Crippen LogP contribution in [-0.4, -0.2) is 98.2 Å². The van der Waals surface area contributed by atoms with Crippen LogP contribution in [0.2, 0.25) is 0 Å². The van der Waals surface area contributed by atoms with Crippen LogP contribution in [0.25, 0.3) is 11.3 Å². The molecule has 4 heterocycles. The number of β-amino-alcohol motifs (C(OH)–C–C–N with tert-alkyl or cyclic N) is 1. The van der Waals surface area contributed by atoms with Crippen LogP contribution in [0.5, 0.6) is 0 Å². The van der Waals surface area contributed by atoms with Gasteiger partial charge in [0, 0.05) is 58.5 Å². The predicted octanol–water partition coefficient (Wildman–Crippen LogP) is 3.71. The first-order chi connectivity index (χ1) is 22.2. The average Bonchev–Trinajstić information content (AvgIpc) is 3.76. The van der Waals surface area contributed by atoms with Gasteiger partial charge >= 0.3 is 6.09 Å². The van der Waals surface area contributed by atoms with Crippen LogP contribution in [0.3, 0.4) is 0 Å². The number of amides is 3. The molecule has 5 rings (SSSR count). The van der Waals surface area contributed by atoms with E-state index in [-0.39, 0.29) is 42.8 Å². The molecule has 13 nitrogen and oxygen atoms in total. The summed E-state index contributed by atoms with van der Waals surface area (Å²) in [6.45, 7) is 13.3. The van der Waals surface area contributed by atoms with Crippen molar-refractivity contribution in [3.8, 4) is 11.3 Å². The number of ether oxygens (including phenoxy) is 1. The number of hydrogen-bond donors (Lipinski definition) is 2. The predicted molar refractivity (Wildman–Crippen MR) is 175 cm³/mol. The van der Waals surface area contributed by atoms with Gasteiger partial charge in [-0.05, 0) is 50.8 Å². The number of carbonyl (C=O) groups is 3. The third-order valence-corrected chi connectivity index (χ3v) is 8.76. The van der Waals surface area contributed by atoms with Crippen LogP contribution >= 0.6 is 0 Å². The van der Waals surface area contributed by atoms with E-state index in [1.165, 1.54) is 4.90 Å². The number of nitrogens with one attached hydrogen (secondary N) is 1. The Morgan fingerprint density at radius 3 is 2.32 bits per heavy atom. The number of anilines is 1. The van der Waals surface area contributed by atoms with Crippen molar-refractivity contribution in [2.75, 3.05) is 37.6 Å².